The average molecular weight is 576 g/mol. The van der Waals surface area contributed by atoms with Gasteiger partial charge in [0.25, 0.3) is 0 Å². The van der Waals surface area contributed by atoms with Gasteiger partial charge in [-0.3, -0.25) is 0 Å². The molecule has 0 amide bonds. The van der Waals surface area contributed by atoms with Gasteiger partial charge in [0.05, 0.1) is 23.3 Å². The van der Waals surface area contributed by atoms with Crippen molar-refractivity contribution in [3.8, 4) is 11.5 Å². The number of aromatic nitrogens is 3. The maximum Gasteiger partial charge on any atom is 0.338 e. The summed E-state index contributed by atoms with van der Waals surface area (Å²) < 4.78 is 20.0. The zero-order valence-corrected chi connectivity index (χ0v) is 22.7. The second-order valence-electron chi connectivity index (χ2n) is 8.26. The Kier molecular flexibility index (Phi) is 8.53. The number of hydrogen-bond donors (Lipinski definition) is 1. The smallest absolute Gasteiger partial charge is 0.338 e. The Morgan fingerprint density at radius 3 is 2.69 bits per heavy atom. The molecule has 1 aliphatic rings. The number of unbranched alkanes of at least 4 members (excludes halogenated alkanes) is 1. The predicted octanol–water partition coefficient (Wildman–Crippen LogP) is 6.30. The standard InChI is InChI=1S/C26H28BrClN4O4/c1-4-6-11-35-25(33)22-16(3)31-26-29-15-30-32(26)23(22)18-12-20(27)24(21(13-18)34-5-2)36-14-17-7-9-19(28)10-8-17/h7-10,12-13,15,23H,4-6,11,14H2,1-3H3,(H,29,30,31). The molecule has 0 radical (unpaired) electrons. The molecule has 1 unspecified atom stereocenters. The molecule has 10 heteroatoms. The lowest BCUT2D eigenvalue weighted by Gasteiger charge is -2.29. The summed E-state index contributed by atoms with van der Waals surface area (Å²) in [7, 11) is 0. The van der Waals surface area contributed by atoms with Gasteiger partial charge in [0.1, 0.15) is 19.0 Å². The number of carbonyl (C=O) groups excluding carboxylic acids is 1. The normalized spacial score (nSPS) is 14.8. The van der Waals surface area contributed by atoms with Gasteiger partial charge in [-0.15, -0.1) is 0 Å². The first-order chi connectivity index (χ1) is 17.4. The molecule has 1 aliphatic heterocycles. The van der Waals surface area contributed by atoms with Gasteiger partial charge in [-0.1, -0.05) is 37.1 Å². The molecule has 0 saturated heterocycles. The molecule has 2 heterocycles. The van der Waals surface area contributed by atoms with Crippen LogP contribution in [0.3, 0.4) is 0 Å². The monoisotopic (exact) mass is 574 g/mol. The highest BCUT2D eigenvalue weighted by atomic mass is 79.9. The molecule has 0 spiro atoms. The molecule has 36 heavy (non-hydrogen) atoms. The summed E-state index contributed by atoms with van der Waals surface area (Å²) in [6, 6.07) is 10.7. The number of benzene rings is 2. The van der Waals surface area contributed by atoms with E-state index in [4.69, 9.17) is 25.8 Å². The minimum Gasteiger partial charge on any atom is -0.490 e. The van der Waals surface area contributed by atoms with Gasteiger partial charge in [0.15, 0.2) is 11.5 Å². The molecule has 0 fully saturated rings. The van der Waals surface area contributed by atoms with Crippen LogP contribution in [0.15, 0.2) is 58.5 Å². The Morgan fingerprint density at radius 2 is 1.97 bits per heavy atom. The van der Waals surface area contributed by atoms with Gasteiger partial charge < -0.3 is 19.5 Å². The fraction of sp³-hybridized carbons (Fsp3) is 0.346. The number of anilines is 1. The number of esters is 1. The number of rotatable bonds is 10. The van der Waals surface area contributed by atoms with Gasteiger partial charge in [0, 0.05) is 10.7 Å². The van der Waals surface area contributed by atoms with E-state index < -0.39 is 12.0 Å². The molecule has 4 rings (SSSR count). The molecule has 3 aromatic rings. The molecule has 8 nitrogen and oxygen atoms in total. The highest BCUT2D eigenvalue weighted by Crippen LogP contribution is 2.43. The summed E-state index contributed by atoms with van der Waals surface area (Å²) in [6.45, 7) is 6.93. The molecule has 1 atom stereocenters. The summed E-state index contributed by atoms with van der Waals surface area (Å²) in [6.07, 6.45) is 3.18. The van der Waals surface area contributed by atoms with Gasteiger partial charge in [-0.2, -0.15) is 10.1 Å². The summed E-state index contributed by atoms with van der Waals surface area (Å²) in [5, 5.41) is 8.22. The van der Waals surface area contributed by atoms with Crippen molar-refractivity contribution in [2.75, 3.05) is 18.5 Å². The number of carbonyl (C=O) groups is 1. The van der Waals surface area contributed by atoms with Crippen LogP contribution in [-0.4, -0.2) is 33.9 Å². The van der Waals surface area contributed by atoms with Crippen molar-refractivity contribution in [2.24, 2.45) is 0 Å². The molecule has 2 aromatic carbocycles. The second-order valence-corrected chi connectivity index (χ2v) is 9.55. The number of hydrogen-bond acceptors (Lipinski definition) is 7. The summed E-state index contributed by atoms with van der Waals surface area (Å²) in [5.41, 5.74) is 2.88. The molecule has 1 N–H and O–H groups in total. The second kappa shape index (κ2) is 11.8. The van der Waals surface area contributed by atoms with Crippen LogP contribution in [0.25, 0.3) is 0 Å². The van der Waals surface area contributed by atoms with E-state index in [2.05, 4.69) is 31.3 Å². The van der Waals surface area contributed by atoms with Crippen LogP contribution in [0, 0.1) is 0 Å². The van der Waals surface area contributed by atoms with Gasteiger partial charge in [0.2, 0.25) is 5.95 Å². The quantitative estimate of drug-likeness (QED) is 0.224. The maximum absolute atomic E-state index is 13.2. The molecule has 0 saturated carbocycles. The highest BCUT2D eigenvalue weighted by Gasteiger charge is 2.35. The Bertz CT molecular complexity index is 1260. The Hall–Kier alpha value is -3.04. The van der Waals surface area contributed by atoms with Crippen LogP contribution in [0.4, 0.5) is 5.95 Å². The van der Waals surface area contributed by atoms with E-state index in [9.17, 15) is 4.79 Å². The molecule has 0 bridgehead atoms. The number of halogens is 2. The third kappa shape index (κ3) is 5.68. The third-order valence-corrected chi connectivity index (χ3v) is 6.53. The van der Waals surface area contributed by atoms with Crippen molar-refractivity contribution >= 4 is 39.4 Å². The first-order valence-electron chi connectivity index (χ1n) is 11.8. The lowest BCUT2D eigenvalue weighted by molar-refractivity contribution is -0.139. The first kappa shape index (κ1) is 26.0. The van der Waals surface area contributed by atoms with E-state index in [1.165, 1.54) is 6.33 Å². The van der Waals surface area contributed by atoms with Crippen LogP contribution in [0.5, 0.6) is 11.5 Å². The fourth-order valence-corrected chi connectivity index (χ4v) is 4.64. The largest absolute Gasteiger partial charge is 0.490 e. The maximum atomic E-state index is 13.2. The van der Waals surface area contributed by atoms with E-state index in [1.54, 1.807) is 4.68 Å². The lowest BCUT2D eigenvalue weighted by atomic mass is 9.95. The van der Waals surface area contributed by atoms with E-state index in [1.807, 2.05) is 57.2 Å². The van der Waals surface area contributed by atoms with Gasteiger partial charge in [-0.25, -0.2) is 9.48 Å². The molecule has 0 aliphatic carbocycles. The molecular formula is C26H28BrClN4O4. The van der Waals surface area contributed by atoms with Crippen molar-refractivity contribution in [2.45, 2.75) is 46.3 Å². The third-order valence-electron chi connectivity index (χ3n) is 5.69. The van der Waals surface area contributed by atoms with Gasteiger partial charge >= 0.3 is 5.97 Å². The van der Waals surface area contributed by atoms with Crippen LogP contribution in [0.1, 0.15) is 50.8 Å². The summed E-state index contributed by atoms with van der Waals surface area (Å²) in [4.78, 5) is 17.5. The van der Waals surface area contributed by atoms with Crippen molar-refractivity contribution in [1.82, 2.24) is 14.8 Å². The van der Waals surface area contributed by atoms with Crippen molar-refractivity contribution < 1.29 is 19.0 Å². The summed E-state index contributed by atoms with van der Waals surface area (Å²) in [5.74, 6) is 1.26. The minimum absolute atomic E-state index is 0.337. The van der Waals surface area contributed by atoms with E-state index >= 15 is 0 Å². The number of allylic oxidation sites excluding steroid dienone is 1. The van der Waals surface area contributed by atoms with Crippen LogP contribution in [0.2, 0.25) is 5.02 Å². The number of ether oxygens (including phenoxy) is 3. The topological polar surface area (TPSA) is 87.5 Å². The Morgan fingerprint density at radius 1 is 1.19 bits per heavy atom. The first-order valence-corrected chi connectivity index (χ1v) is 13.0. The fourth-order valence-electron chi connectivity index (χ4n) is 3.94. The number of nitrogens with one attached hydrogen (secondary N) is 1. The zero-order valence-electron chi connectivity index (χ0n) is 20.4. The zero-order chi connectivity index (χ0) is 25.7. The van der Waals surface area contributed by atoms with Crippen molar-refractivity contribution in [1.29, 1.82) is 0 Å². The molecule has 190 valence electrons. The highest BCUT2D eigenvalue weighted by molar-refractivity contribution is 9.10. The number of nitrogens with zero attached hydrogens (tertiary/aromatic N) is 3. The molecular weight excluding hydrogens is 548 g/mol. The average Bonchev–Trinajstić information content (AvgIpc) is 3.32. The lowest BCUT2D eigenvalue weighted by Crippen LogP contribution is -2.30. The Balaban J connectivity index is 1.71. The van der Waals surface area contributed by atoms with Crippen LogP contribution in [-0.2, 0) is 16.1 Å². The number of fused-ring (bicyclic) bond motifs is 1. The van der Waals surface area contributed by atoms with Crippen molar-refractivity contribution in [3.05, 3.63) is 74.6 Å². The van der Waals surface area contributed by atoms with E-state index in [0.717, 1.165) is 24.0 Å². The van der Waals surface area contributed by atoms with Crippen molar-refractivity contribution in [3.63, 3.8) is 0 Å². The summed E-state index contributed by atoms with van der Waals surface area (Å²) >= 11 is 9.65. The van der Waals surface area contributed by atoms with E-state index in [0.29, 0.717) is 58.0 Å². The van der Waals surface area contributed by atoms with Crippen LogP contribution < -0.4 is 14.8 Å². The SMILES string of the molecule is CCCCOC(=O)C1=C(C)Nc2ncnn2C1c1cc(Br)c(OCc2ccc(Cl)cc2)c(OCC)c1. The molecule has 1 aromatic heterocycles. The van der Waals surface area contributed by atoms with Crippen LogP contribution >= 0.6 is 27.5 Å². The Labute approximate surface area is 223 Å². The van der Waals surface area contributed by atoms with Gasteiger partial charge in [-0.05, 0) is 71.6 Å². The predicted molar refractivity (Wildman–Crippen MR) is 141 cm³/mol. The minimum atomic E-state index is -0.557. The van der Waals surface area contributed by atoms with E-state index in [-0.39, 0.29) is 0 Å².